The Labute approximate surface area is 223 Å². The molecule has 6 atom stereocenters. The van der Waals surface area contributed by atoms with Crippen molar-refractivity contribution in [3.63, 3.8) is 0 Å². The largest absolute Gasteiger partial charge is 0.359 e. The molecule has 2 N–H and O–H groups in total. The predicted molar refractivity (Wildman–Crippen MR) is 144 cm³/mol. The van der Waals surface area contributed by atoms with E-state index in [2.05, 4.69) is 10.6 Å². The van der Waals surface area contributed by atoms with Crippen molar-refractivity contribution in [3.8, 4) is 0 Å². The number of aryl methyl sites for hydroxylation is 1. The number of anilines is 1. The van der Waals surface area contributed by atoms with Gasteiger partial charge in [-0.1, -0.05) is 79.4 Å². The number of ether oxygens (including phenoxy) is 1. The molecule has 0 radical (unpaired) electrons. The minimum Gasteiger partial charge on any atom is -0.359 e. The number of likely N-dealkylation sites (tertiary alicyclic amines) is 1. The highest BCUT2D eigenvalue weighted by Gasteiger charge is 2.73. The van der Waals surface area contributed by atoms with Crippen LogP contribution >= 0.6 is 0 Å². The van der Waals surface area contributed by atoms with Crippen LogP contribution in [0, 0.1) is 18.8 Å². The summed E-state index contributed by atoms with van der Waals surface area (Å²) in [5.74, 6) is -2.14. The summed E-state index contributed by atoms with van der Waals surface area (Å²) in [5, 5.41) is 6.24. The SMILES string of the molecule is Cc1ccc(NC(=O)[C@H]2[C@H]3C=C[C@]4(O3)[C@H](C(=O)NC3CCCCC3)N([C@@H](C)c3ccccc3)C(=O)[C@@H]24)cc1. The zero-order chi connectivity index (χ0) is 26.4. The lowest BCUT2D eigenvalue weighted by atomic mass is 9.74. The van der Waals surface area contributed by atoms with E-state index in [9.17, 15) is 14.4 Å². The lowest BCUT2D eigenvalue weighted by Gasteiger charge is -2.37. The molecule has 2 bridgehead atoms. The van der Waals surface area contributed by atoms with Gasteiger partial charge in [-0.15, -0.1) is 0 Å². The lowest BCUT2D eigenvalue weighted by Crippen LogP contribution is -2.56. The van der Waals surface area contributed by atoms with Gasteiger partial charge in [-0.2, -0.15) is 0 Å². The van der Waals surface area contributed by atoms with Gasteiger partial charge in [-0.25, -0.2) is 0 Å². The number of rotatable bonds is 6. The molecule has 3 fully saturated rings. The maximum absolute atomic E-state index is 14.3. The summed E-state index contributed by atoms with van der Waals surface area (Å²) >= 11 is 0. The smallest absolute Gasteiger partial charge is 0.246 e. The lowest BCUT2D eigenvalue weighted by molar-refractivity contribution is -0.143. The molecule has 1 saturated carbocycles. The Morgan fingerprint density at radius 3 is 2.42 bits per heavy atom. The van der Waals surface area contributed by atoms with E-state index in [1.165, 1.54) is 6.42 Å². The Morgan fingerprint density at radius 2 is 1.71 bits per heavy atom. The van der Waals surface area contributed by atoms with E-state index in [0.717, 1.165) is 36.8 Å². The predicted octanol–water partition coefficient (Wildman–Crippen LogP) is 4.29. The third kappa shape index (κ3) is 4.04. The fraction of sp³-hybridized carbons (Fsp3) is 0.452. The molecule has 0 aromatic heterocycles. The fourth-order valence-electron chi connectivity index (χ4n) is 6.91. The number of nitrogens with one attached hydrogen (secondary N) is 2. The first-order valence-electron chi connectivity index (χ1n) is 13.8. The molecule has 7 heteroatoms. The Kier molecular flexibility index (Phi) is 6.34. The topological polar surface area (TPSA) is 87.7 Å². The normalized spacial score (nSPS) is 30.8. The summed E-state index contributed by atoms with van der Waals surface area (Å²) in [5.41, 5.74) is 1.54. The second-order valence-corrected chi connectivity index (χ2v) is 11.2. The molecule has 2 aromatic carbocycles. The molecule has 0 unspecified atom stereocenters. The average molecular weight is 514 g/mol. The van der Waals surface area contributed by atoms with E-state index in [0.29, 0.717) is 5.69 Å². The van der Waals surface area contributed by atoms with E-state index in [1.807, 2.05) is 80.6 Å². The molecule has 38 heavy (non-hydrogen) atoms. The third-order valence-corrected chi connectivity index (χ3v) is 8.83. The number of hydrogen-bond donors (Lipinski definition) is 2. The summed E-state index contributed by atoms with van der Waals surface area (Å²) < 4.78 is 6.49. The molecule has 3 aliphatic heterocycles. The van der Waals surface area contributed by atoms with Crippen molar-refractivity contribution in [3.05, 3.63) is 77.9 Å². The van der Waals surface area contributed by atoms with E-state index in [1.54, 1.807) is 4.90 Å². The van der Waals surface area contributed by atoms with Crippen LogP contribution in [0.4, 0.5) is 5.69 Å². The van der Waals surface area contributed by atoms with Crippen LogP contribution in [0.25, 0.3) is 0 Å². The number of amides is 3. The average Bonchev–Trinajstić information content (AvgIpc) is 3.58. The van der Waals surface area contributed by atoms with Gasteiger partial charge in [0.15, 0.2) is 0 Å². The van der Waals surface area contributed by atoms with Gasteiger partial charge in [0.25, 0.3) is 0 Å². The summed E-state index contributed by atoms with van der Waals surface area (Å²) in [4.78, 5) is 43.6. The number of nitrogens with zero attached hydrogens (tertiary/aromatic N) is 1. The Balaban J connectivity index is 1.35. The Bertz CT molecular complexity index is 1250. The fourth-order valence-corrected chi connectivity index (χ4v) is 6.91. The van der Waals surface area contributed by atoms with Crippen molar-refractivity contribution in [2.75, 3.05) is 5.32 Å². The molecule has 2 aromatic rings. The van der Waals surface area contributed by atoms with Crippen molar-refractivity contribution >= 4 is 23.4 Å². The summed E-state index contributed by atoms with van der Waals surface area (Å²) in [6, 6.07) is 16.2. The van der Waals surface area contributed by atoms with Crippen molar-refractivity contribution in [1.82, 2.24) is 10.2 Å². The zero-order valence-corrected chi connectivity index (χ0v) is 21.9. The minimum atomic E-state index is -1.17. The molecule has 6 rings (SSSR count). The summed E-state index contributed by atoms with van der Waals surface area (Å²) in [7, 11) is 0. The van der Waals surface area contributed by atoms with E-state index < -0.39 is 29.6 Å². The number of fused-ring (bicyclic) bond motifs is 1. The van der Waals surface area contributed by atoms with Crippen LogP contribution in [0.5, 0.6) is 0 Å². The van der Waals surface area contributed by atoms with Gasteiger partial charge in [0.1, 0.15) is 11.6 Å². The first-order valence-corrected chi connectivity index (χ1v) is 13.8. The molecule has 2 saturated heterocycles. The molecule has 1 spiro atoms. The van der Waals surface area contributed by atoms with Gasteiger partial charge in [0.2, 0.25) is 17.7 Å². The van der Waals surface area contributed by atoms with E-state index in [4.69, 9.17) is 4.74 Å². The summed E-state index contributed by atoms with van der Waals surface area (Å²) in [6.45, 7) is 3.94. The van der Waals surface area contributed by atoms with Gasteiger partial charge in [-0.05, 0) is 44.4 Å². The van der Waals surface area contributed by atoms with E-state index in [-0.39, 0.29) is 29.8 Å². The van der Waals surface area contributed by atoms with E-state index >= 15 is 0 Å². The van der Waals surface area contributed by atoms with Gasteiger partial charge in [-0.3, -0.25) is 14.4 Å². The monoisotopic (exact) mass is 513 g/mol. The van der Waals surface area contributed by atoms with Crippen molar-refractivity contribution in [2.24, 2.45) is 11.8 Å². The molecule has 198 valence electrons. The third-order valence-electron chi connectivity index (χ3n) is 8.83. The Morgan fingerprint density at radius 1 is 1.00 bits per heavy atom. The minimum absolute atomic E-state index is 0.0962. The van der Waals surface area contributed by atoms with Crippen LogP contribution < -0.4 is 10.6 Å². The molecule has 4 aliphatic rings. The molecule has 1 aliphatic carbocycles. The van der Waals surface area contributed by atoms with Crippen LogP contribution in [0.3, 0.4) is 0 Å². The van der Waals surface area contributed by atoms with Crippen molar-refractivity contribution < 1.29 is 19.1 Å². The highest BCUT2D eigenvalue weighted by Crippen LogP contribution is 2.56. The number of carbonyl (C=O) groups excluding carboxylic acids is 3. The van der Waals surface area contributed by atoms with Crippen LogP contribution in [0.1, 0.15) is 56.2 Å². The van der Waals surface area contributed by atoms with Crippen molar-refractivity contribution in [2.45, 2.75) is 75.8 Å². The van der Waals surface area contributed by atoms with Crippen LogP contribution in [-0.4, -0.2) is 46.4 Å². The quantitative estimate of drug-likeness (QED) is 0.564. The van der Waals surface area contributed by atoms with Gasteiger partial charge >= 0.3 is 0 Å². The molecule has 3 amide bonds. The van der Waals surface area contributed by atoms with Crippen LogP contribution in [-0.2, 0) is 19.1 Å². The molecular formula is C31H35N3O4. The summed E-state index contributed by atoms with van der Waals surface area (Å²) in [6.07, 6.45) is 8.44. The van der Waals surface area contributed by atoms with Gasteiger partial charge in [0.05, 0.1) is 24.0 Å². The first kappa shape index (κ1) is 24.9. The number of hydrogen-bond acceptors (Lipinski definition) is 4. The molecule has 7 nitrogen and oxygen atoms in total. The highest BCUT2D eigenvalue weighted by molar-refractivity contribution is 6.03. The maximum Gasteiger partial charge on any atom is 0.246 e. The second kappa shape index (κ2) is 9.70. The van der Waals surface area contributed by atoms with Crippen molar-refractivity contribution in [1.29, 1.82) is 0 Å². The molecular weight excluding hydrogens is 478 g/mol. The second-order valence-electron chi connectivity index (χ2n) is 11.2. The maximum atomic E-state index is 14.3. The Hall–Kier alpha value is -3.45. The van der Waals surface area contributed by atoms with Crippen LogP contribution in [0.2, 0.25) is 0 Å². The standard InChI is InChI=1S/C31H35N3O4/c1-19-13-15-23(16-14-19)32-28(35)25-24-17-18-31(38-24)26(25)30(37)34(20(2)21-9-5-3-6-10-21)27(31)29(36)33-22-11-7-4-8-12-22/h3,5-6,9-10,13-18,20,22,24-27H,4,7-8,11-12H2,1-2H3,(H,32,35)(H,33,36)/t20-,24+,25-,26+,27-,31+/m0/s1. The van der Waals surface area contributed by atoms with Crippen LogP contribution in [0.15, 0.2) is 66.7 Å². The van der Waals surface area contributed by atoms with Gasteiger partial charge < -0.3 is 20.3 Å². The van der Waals surface area contributed by atoms with Gasteiger partial charge in [0, 0.05) is 11.7 Å². The zero-order valence-electron chi connectivity index (χ0n) is 21.9. The number of benzene rings is 2. The number of carbonyl (C=O) groups is 3. The first-order chi connectivity index (χ1) is 18.4. The molecule has 3 heterocycles. The highest BCUT2D eigenvalue weighted by atomic mass is 16.5.